The summed E-state index contributed by atoms with van der Waals surface area (Å²) in [6.45, 7) is 1.76. The van der Waals surface area contributed by atoms with E-state index in [4.69, 9.17) is 5.26 Å². The first-order chi connectivity index (χ1) is 7.15. The smallest absolute Gasteiger partial charge is 0.265 e. The molecule has 0 bridgehead atoms. The average molecular weight is 203 g/mol. The number of hydrogen-bond acceptors (Lipinski definition) is 4. The minimum absolute atomic E-state index is 0.0100. The quantitative estimate of drug-likeness (QED) is 0.651. The van der Waals surface area contributed by atoms with Crippen molar-refractivity contribution in [1.82, 2.24) is 19.3 Å². The van der Waals surface area contributed by atoms with Crippen LogP contribution in [0.2, 0.25) is 0 Å². The molecule has 2 heterocycles. The summed E-state index contributed by atoms with van der Waals surface area (Å²) in [6, 6.07) is 1.91. The van der Waals surface area contributed by atoms with Gasteiger partial charge in [0.15, 0.2) is 5.65 Å². The second kappa shape index (κ2) is 3.20. The molecule has 0 N–H and O–H groups in total. The standard InChI is InChI=1S/C9H9N5O/c1-6-7-8(13(2)12-6)11-5-14(4-3-10)9(7)15/h5H,4H2,1-2H3. The van der Waals surface area contributed by atoms with Gasteiger partial charge in [0.25, 0.3) is 5.56 Å². The van der Waals surface area contributed by atoms with Gasteiger partial charge in [-0.2, -0.15) is 10.4 Å². The van der Waals surface area contributed by atoms with Crippen molar-refractivity contribution >= 4 is 11.0 Å². The molecule has 0 atom stereocenters. The number of aromatic nitrogens is 4. The largest absolute Gasteiger partial charge is 0.285 e. The van der Waals surface area contributed by atoms with Crippen LogP contribution in [-0.4, -0.2) is 19.3 Å². The Hall–Kier alpha value is -2.16. The molecule has 0 spiro atoms. The lowest BCUT2D eigenvalue weighted by molar-refractivity contribution is 0.753. The summed E-state index contributed by atoms with van der Waals surface area (Å²) in [5.41, 5.74) is 0.969. The zero-order chi connectivity index (χ0) is 11.0. The van der Waals surface area contributed by atoms with E-state index in [2.05, 4.69) is 10.1 Å². The molecule has 76 valence electrons. The maximum atomic E-state index is 11.9. The summed E-state index contributed by atoms with van der Waals surface area (Å²) < 4.78 is 2.83. The van der Waals surface area contributed by atoms with Gasteiger partial charge in [0.1, 0.15) is 18.3 Å². The van der Waals surface area contributed by atoms with Crippen LogP contribution in [0.4, 0.5) is 0 Å². The second-order valence-corrected chi connectivity index (χ2v) is 3.24. The van der Waals surface area contributed by atoms with Gasteiger partial charge in [0.05, 0.1) is 11.8 Å². The lowest BCUT2D eigenvalue weighted by Crippen LogP contribution is -2.20. The van der Waals surface area contributed by atoms with Gasteiger partial charge >= 0.3 is 0 Å². The lowest BCUT2D eigenvalue weighted by atomic mass is 10.3. The first-order valence-corrected chi connectivity index (χ1v) is 4.41. The minimum atomic E-state index is -0.216. The Morgan fingerprint density at radius 3 is 3.00 bits per heavy atom. The van der Waals surface area contributed by atoms with Crippen molar-refractivity contribution in [2.24, 2.45) is 7.05 Å². The third-order valence-corrected chi connectivity index (χ3v) is 2.23. The molecule has 0 radical (unpaired) electrons. The van der Waals surface area contributed by atoms with Crippen molar-refractivity contribution < 1.29 is 0 Å². The van der Waals surface area contributed by atoms with Crippen molar-refractivity contribution in [3.8, 4) is 6.07 Å². The molecule has 6 heteroatoms. The summed E-state index contributed by atoms with van der Waals surface area (Å²) in [5, 5.41) is 13.1. The predicted octanol–water partition coefficient (Wildman–Crippen LogP) is -0.0380. The van der Waals surface area contributed by atoms with Gasteiger partial charge in [-0.25, -0.2) is 9.67 Å². The van der Waals surface area contributed by atoms with E-state index in [0.717, 1.165) is 0 Å². The molecular weight excluding hydrogens is 194 g/mol. The number of aryl methyl sites for hydroxylation is 2. The molecule has 0 amide bonds. The van der Waals surface area contributed by atoms with Crippen LogP contribution in [-0.2, 0) is 13.6 Å². The Kier molecular flexibility index (Phi) is 2.01. The first kappa shape index (κ1) is 9.40. The Balaban J connectivity index is 2.85. The van der Waals surface area contributed by atoms with Crippen LogP contribution in [0.15, 0.2) is 11.1 Å². The molecule has 0 aliphatic carbocycles. The van der Waals surface area contributed by atoms with Gasteiger partial charge in [-0.1, -0.05) is 0 Å². The molecule has 0 fully saturated rings. The highest BCUT2D eigenvalue weighted by molar-refractivity contribution is 5.76. The predicted molar refractivity (Wildman–Crippen MR) is 53.1 cm³/mol. The highest BCUT2D eigenvalue weighted by atomic mass is 16.1. The van der Waals surface area contributed by atoms with Crippen molar-refractivity contribution in [3.63, 3.8) is 0 Å². The molecular formula is C9H9N5O. The summed E-state index contributed by atoms with van der Waals surface area (Å²) >= 11 is 0. The van der Waals surface area contributed by atoms with E-state index in [1.807, 2.05) is 6.07 Å². The van der Waals surface area contributed by atoms with Gasteiger partial charge in [-0.05, 0) is 6.92 Å². The van der Waals surface area contributed by atoms with E-state index in [1.165, 1.54) is 10.9 Å². The maximum absolute atomic E-state index is 11.9. The summed E-state index contributed by atoms with van der Waals surface area (Å²) in [4.78, 5) is 16.0. The zero-order valence-electron chi connectivity index (χ0n) is 8.43. The van der Waals surface area contributed by atoms with Crippen molar-refractivity contribution in [2.75, 3.05) is 0 Å². The normalized spacial score (nSPS) is 10.5. The van der Waals surface area contributed by atoms with Crippen LogP contribution < -0.4 is 5.56 Å². The number of fused-ring (bicyclic) bond motifs is 1. The average Bonchev–Trinajstić information content (AvgIpc) is 2.47. The van der Waals surface area contributed by atoms with Crippen molar-refractivity contribution in [1.29, 1.82) is 5.26 Å². The topological polar surface area (TPSA) is 76.5 Å². The van der Waals surface area contributed by atoms with E-state index in [9.17, 15) is 4.79 Å². The number of nitriles is 1. The molecule has 2 rings (SSSR count). The molecule has 0 aromatic carbocycles. The Morgan fingerprint density at radius 2 is 2.33 bits per heavy atom. The van der Waals surface area contributed by atoms with Gasteiger partial charge in [-0.15, -0.1) is 0 Å². The zero-order valence-corrected chi connectivity index (χ0v) is 8.43. The van der Waals surface area contributed by atoms with Crippen molar-refractivity contribution in [3.05, 3.63) is 22.4 Å². The van der Waals surface area contributed by atoms with Gasteiger partial charge in [0, 0.05) is 7.05 Å². The molecule has 0 aliphatic rings. The van der Waals surface area contributed by atoms with E-state index < -0.39 is 0 Å². The number of nitrogens with zero attached hydrogens (tertiary/aromatic N) is 5. The third kappa shape index (κ3) is 1.29. The van der Waals surface area contributed by atoms with E-state index in [1.54, 1.807) is 18.7 Å². The Labute approximate surface area is 85.4 Å². The molecule has 2 aromatic heterocycles. The minimum Gasteiger partial charge on any atom is -0.285 e. The fourth-order valence-electron chi connectivity index (χ4n) is 1.55. The highest BCUT2D eigenvalue weighted by Gasteiger charge is 2.11. The van der Waals surface area contributed by atoms with E-state index in [-0.39, 0.29) is 12.1 Å². The fraction of sp³-hybridized carbons (Fsp3) is 0.333. The second-order valence-electron chi connectivity index (χ2n) is 3.24. The third-order valence-electron chi connectivity index (χ3n) is 2.23. The fourth-order valence-corrected chi connectivity index (χ4v) is 1.55. The molecule has 2 aromatic rings. The first-order valence-electron chi connectivity index (χ1n) is 4.41. The monoisotopic (exact) mass is 203 g/mol. The van der Waals surface area contributed by atoms with Crippen LogP contribution in [0.3, 0.4) is 0 Å². The van der Waals surface area contributed by atoms with Crippen molar-refractivity contribution in [2.45, 2.75) is 13.5 Å². The number of rotatable bonds is 1. The van der Waals surface area contributed by atoms with Crippen LogP contribution >= 0.6 is 0 Å². The SMILES string of the molecule is Cc1nn(C)c2ncn(CC#N)c(=O)c12. The van der Waals surface area contributed by atoms with E-state index in [0.29, 0.717) is 16.7 Å². The molecule has 0 unspecified atom stereocenters. The summed E-state index contributed by atoms with van der Waals surface area (Å²) in [7, 11) is 1.73. The summed E-state index contributed by atoms with van der Waals surface area (Å²) in [6.07, 6.45) is 1.37. The van der Waals surface area contributed by atoms with Gasteiger partial charge < -0.3 is 0 Å². The van der Waals surface area contributed by atoms with E-state index >= 15 is 0 Å². The van der Waals surface area contributed by atoms with Crippen LogP contribution in [0.1, 0.15) is 5.69 Å². The molecule has 6 nitrogen and oxygen atoms in total. The maximum Gasteiger partial charge on any atom is 0.265 e. The summed E-state index contributed by atoms with van der Waals surface area (Å²) in [5.74, 6) is 0. The Morgan fingerprint density at radius 1 is 1.60 bits per heavy atom. The highest BCUT2D eigenvalue weighted by Crippen LogP contribution is 2.08. The number of hydrogen-bond donors (Lipinski definition) is 0. The van der Waals surface area contributed by atoms with Gasteiger partial charge in [0.2, 0.25) is 0 Å². The molecule has 0 aliphatic heterocycles. The molecule has 0 saturated heterocycles. The molecule has 0 saturated carbocycles. The van der Waals surface area contributed by atoms with Gasteiger partial charge in [-0.3, -0.25) is 9.36 Å². The lowest BCUT2D eigenvalue weighted by Gasteiger charge is -1.98. The van der Waals surface area contributed by atoms with Crippen LogP contribution in [0, 0.1) is 18.3 Å². The van der Waals surface area contributed by atoms with Crippen LogP contribution in [0.5, 0.6) is 0 Å². The molecule has 15 heavy (non-hydrogen) atoms. The van der Waals surface area contributed by atoms with Crippen LogP contribution in [0.25, 0.3) is 11.0 Å². The Bertz CT molecular complexity index is 616.